The molecule has 0 aliphatic carbocycles. The van der Waals surface area contributed by atoms with Gasteiger partial charge in [-0.3, -0.25) is 0 Å². The number of fused-ring (bicyclic) bond motifs is 1. The van der Waals surface area contributed by atoms with Gasteiger partial charge in [-0.15, -0.1) is 0 Å². The molecule has 1 aliphatic rings. The Morgan fingerprint density at radius 1 is 1.04 bits per heavy atom. The topological polar surface area (TPSA) is 23.4 Å². The Morgan fingerprint density at radius 3 is 2.17 bits per heavy atom. The van der Waals surface area contributed by atoms with Crippen LogP contribution < -0.4 is 0 Å². The van der Waals surface area contributed by atoms with E-state index >= 15 is 0 Å². The molecule has 1 saturated heterocycles. The summed E-state index contributed by atoms with van der Waals surface area (Å²) in [6, 6.07) is 6.58. The fourth-order valence-corrected chi connectivity index (χ4v) is 3.02. The quantitative estimate of drug-likeness (QED) is 0.755. The van der Waals surface area contributed by atoms with Gasteiger partial charge in [-0.05, 0) is 56.8 Å². The number of hydrogen-bond acceptors (Lipinski definition) is 2. The van der Waals surface area contributed by atoms with Crippen LogP contribution in [0.1, 0.15) is 39.1 Å². The lowest BCUT2D eigenvalue weighted by Crippen LogP contribution is -2.41. The minimum atomic E-state index is -4.47. The van der Waals surface area contributed by atoms with Crippen molar-refractivity contribution >= 4 is 18.0 Å². The lowest BCUT2D eigenvalue weighted by atomic mass is 9.67. The van der Waals surface area contributed by atoms with Crippen molar-refractivity contribution in [3.05, 3.63) is 36.0 Å². The van der Waals surface area contributed by atoms with E-state index in [9.17, 15) is 13.2 Å². The lowest BCUT2D eigenvalue weighted by Gasteiger charge is -2.32. The van der Waals surface area contributed by atoms with Crippen molar-refractivity contribution in [1.29, 1.82) is 0 Å². The molecule has 0 spiro atoms. The highest BCUT2D eigenvalue weighted by atomic mass is 19.4. The Kier molecular flexibility index (Phi) is 3.81. The van der Waals surface area contributed by atoms with Crippen molar-refractivity contribution in [3.8, 4) is 0 Å². The molecule has 0 saturated carbocycles. The number of aromatic nitrogens is 1. The van der Waals surface area contributed by atoms with E-state index in [4.69, 9.17) is 9.31 Å². The van der Waals surface area contributed by atoms with Gasteiger partial charge < -0.3 is 13.9 Å². The third-order valence-electron chi connectivity index (χ3n) is 5.16. The van der Waals surface area contributed by atoms with Crippen LogP contribution in [0.4, 0.5) is 13.2 Å². The van der Waals surface area contributed by atoms with Gasteiger partial charge in [0.1, 0.15) is 5.82 Å². The van der Waals surface area contributed by atoms with E-state index in [1.807, 2.05) is 17.8 Å². The summed E-state index contributed by atoms with van der Waals surface area (Å²) < 4.78 is 54.6. The predicted octanol–water partition coefficient (Wildman–Crippen LogP) is 4.46. The van der Waals surface area contributed by atoms with Gasteiger partial charge >= 0.3 is 13.3 Å². The van der Waals surface area contributed by atoms with Gasteiger partial charge in [0.2, 0.25) is 0 Å². The first-order valence-electron chi connectivity index (χ1n) is 7.90. The molecule has 1 aromatic heterocycles. The minimum Gasteiger partial charge on any atom is -0.403 e. The zero-order chi connectivity index (χ0) is 17.9. The first kappa shape index (κ1) is 17.4. The van der Waals surface area contributed by atoms with E-state index in [1.54, 1.807) is 45.9 Å². The van der Waals surface area contributed by atoms with Crippen LogP contribution in [-0.2, 0) is 16.4 Å². The van der Waals surface area contributed by atoms with Gasteiger partial charge in [-0.2, -0.15) is 13.2 Å². The second kappa shape index (κ2) is 5.26. The first-order valence-corrected chi connectivity index (χ1v) is 7.90. The molecular weight excluding hydrogens is 318 g/mol. The zero-order valence-electron chi connectivity index (χ0n) is 14.4. The number of hydrogen-bond donors (Lipinski definition) is 0. The van der Waals surface area contributed by atoms with Gasteiger partial charge in [-0.1, -0.05) is 6.07 Å². The highest BCUT2D eigenvalue weighted by Gasteiger charge is 2.60. The van der Waals surface area contributed by atoms with E-state index in [0.717, 1.165) is 10.9 Å². The standard InChI is InChI=1S/C17H21BF3NO2/c1-15(2)16(3,4)24-18(23-15)14(17(19,20)21)12-6-7-13-11(10-12)8-9-22(13)5/h6-10,14H,1-5H3. The first-order chi connectivity index (χ1) is 10.9. The van der Waals surface area contributed by atoms with Gasteiger partial charge in [0.05, 0.1) is 11.2 Å². The molecule has 1 aliphatic heterocycles. The molecule has 1 unspecified atom stereocenters. The SMILES string of the molecule is Cn1ccc2cc(C(B3OC(C)(C)C(C)(C)O3)C(F)(F)F)ccc21. The van der Waals surface area contributed by atoms with Crippen LogP contribution in [0.5, 0.6) is 0 Å². The second-order valence-electron chi connectivity index (χ2n) is 7.39. The molecule has 0 bridgehead atoms. The van der Waals surface area contributed by atoms with Crippen molar-refractivity contribution in [3.63, 3.8) is 0 Å². The highest BCUT2D eigenvalue weighted by Crippen LogP contribution is 2.46. The molecule has 2 aromatic rings. The summed E-state index contributed by atoms with van der Waals surface area (Å²) in [5.41, 5.74) is -0.580. The van der Waals surface area contributed by atoms with Crippen LogP contribution in [0.3, 0.4) is 0 Å². The molecule has 1 atom stereocenters. The summed E-state index contributed by atoms with van der Waals surface area (Å²) in [4.78, 5) is 0. The van der Waals surface area contributed by atoms with E-state index < -0.39 is 30.3 Å². The number of alkyl halides is 3. The minimum absolute atomic E-state index is 0.153. The maximum Gasteiger partial charge on any atom is 0.475 e. The van der Waals surface area contributed by atoms with Crippen LogP contribution in [0.25, 0.3) is 10.9 Å². The van der Waals surface area contributed by atoms with Crippen molar-refractivity contribution < 1.29 is 22.5 Å². The smallest absolute Gasteiger partial charge is 0.403 e. The van der Waals surface area contributed by atoms with Crippen molar-refractivity contribution in [2.24, 2.45) is 7.05 Å². The summed E-state index contributed by atoms with van der Waals surface area (Å²) in [6.07, 6.45) is -2.64. The number of benzene rings is 1. The van der Waals surface area contributed by atoms with Crippen LogP contribution in [0.15, 0.2) is 30.5 Å². The Balaban J connectivity index is 2.04. The van der Waals surface area contributed by atoms with Crippen molar-refractivity contribution in [1.82, 2.24) is 4.57 Å². The van der Waals surface area contributed by atoms with Gasteiger partial charge in [-0.25, -0.2) is 0 Å². The molecule has 3 nitrogen and oxygen atoms in total. The third kappa shape index (κ3) is 2.73. The van der Waals surface area contributed by atoms with Crippen molar-refractivity contribution in [2.75, 3.05) is 0 Å². The summed E-state index contributed by atoms with van der Waals surface area (Å²) in [5.74, 6) is -1.83. The molecule has 0 radical (unpaired) electrons. The monoisotopic (exact) mass is 339 g/mol. The number of rotatable bonds is 2. The molecule has 2 heterocycles. The van der Waals surface area contributed by atoms with Crippen LogP contribution in [0.2, 0.25) is 0 Å². The largest absolute Gasteiger partial charge is 0.475 e. The number of halogens is 3. The van der Waals surface area contributed by atoms with Crippen LogP contribution in [-0.4, -0.2) is 29.1 Å². The molecule has 0 N–H and O–H groups in total. The normalized spacial score (nSPS) is 21.4. The van der Waals surface area contributed by atoms with E-state index in [2.05, 4.69) is 0 Å². The fourth-order valence-electron chi connectivity index (χ4n) is 3.02. The molecule has 0 amide bonds. The number of nitrogens with zero attached hydrogens (tertiary/aromatic N) is 1. The predicted molar refractivity (Wildman–Crippen MR) is 87.8 cm³/mol. The van der Waals surface area contributed by atoms with E-state index in [-0.39, 0.29) is 5.56 Å². The second-order valence-corrected chi connectivity index (χ2v) is 7.39. The average Bonchev–Trinajstić information content (AvgIpc) is 2.86. The van der Waals surface area contributed by atoms with E-state index in [1.165, 1.54) is 6.07 Å². The Morgan fingerprint density at radius 2 is 1.62 bits per heavy atom. The highest BCUT2D eigenvalue weighted by molar-refractivity contribution is 6.48. The summed E-state index contributed by atoms with van der Waals surface area (Å²) in [7, 11) is 0.494. The molecular formula is C17H21BF3NO2. The summed E-state index contributed by atoms with van der Waals surface area (Å²) in [6.45, 7) is 7.00. The molecule has 130 valence electrons. The van der Waals surface area contributed by atoms with Crippen molar-refractivity contribution in [2.45, 2.75) is 50.9 Å². The van der Waals surface area contributed by atoms with E-state index in [0.29, 0.717) is 0 Å². The average molecular weight is 339 g/mol. The van der Waals surface area contributed by atoms with Gasteiger partial charge in [0.25, 0.3) is 0 Å². The van der Waals surface area contributed by atoms with Crippen LogP contribution in [0, 0.1) is 0 Å². The molecule has 1 fully saturated rings. The van der Waals surface area contributed by atoms with Crippen LogP contribution >= 0.6 is 0 Å². The Labute approximate surface area is 139 Å². The summed E-state index contributed by atoms with van der Waals surface area (Å²) in [5, 5.41) is 0.765. The molecule has 24 heavy (non-hydrogen) atoms. The zero-order valence-corrected chi connectivity index (χ0v) is 14.4. The van der Waals surface area contributed by atoms with Gasteiger partial charge in [0, 0.05) is 18.8 Å². The Bertz CT molecular complexity index is 751. The fraction of sp³-hybridized carbons (Fsp3) is 0.529. The number of aryl methyl sites for hydroxylation is 1. The molecule has 1 aromatic carbocycles. The third-order valence-corrected chi connectivity index (χ3v) is 5.16. The van der Waals surface area contributed by atoms with Gasteiger partial charge in [0.15, 0.2) is 0 Å². The lowest BCUT2D eigenvalue weighted by molar-refractivity contribution is -0.138. The summed E-state index contributed by atoms with van der Waals surface area (Å²) >= 11 is 0. The molecule has 3 rings (SSSR count). The molecule has 7 heteroatoms. The maximum absolute atomic E-state index is 13.8. The maximum atomic E-state index is 13.8. The Hall–Kier alpha value is -1.47.